The van der Waals surface area contributed by atoms with Gasteiger partial charge in [-0.25, -0.2) is 4.98 Å². The van der Waals surface area contributed by atoms with E-state index in [9.17, 15) is 0 Å². The van der Waals surface area contributed by atoms with E-state index in [4.69, 9.17) is 11.6 Å². The van der Waals surface area contributed by atoms with E-state index in [1.807, 2.05) is 37.3 Å². The summed E-state index contributed by atoms with van der Waals surface area (Å²) < 4.78 is 0. The number of hydrogen-bond donors (Lipinski definition) is 1. The van der Waals surface area contributed by atoms with Gasteiger partial charge in [-0.15, -0.1) is 0 Å². The Hall–Kier alpha value is -1.81. The number of nitrogens with zero attached hydrogens (tertiary/aromatic N) is 3. The summed E-state index contributed by atoms with van der Waals surface area (Å²) in [6.45, 7) is 9.04. The van der Waals surface area contributed by atoms with Crippen LogP contribution in [0.15, 0.2) is 30.3 Å². The standard InChI is InChI=1S/C18H25ClN4/c1-4-10-23(11-5-2)18-21-14(3)12-17(22-18)20-13-15-6-8-16(19)9-7-15/h6-9,12H,4-5,10-11,13H2,1-3H3,(H,20,21,22). The molecular weight excluding hydrogens is 308 g/mol. The van der Waals surface area contributed by atoms with Gasteiger partial charge >= 0.3 is 0 Å². The highest BCUT2D eigenvalue weighted by Crippen LogP contribution is 2.16. The molecule has 0 saturated carbocycles. The molecule has 0 radical (unpaired) electrons. The molecule has 0 atom stereocenters. The average molecular weight is 333 g/mol. The molecule has 23 heavy (non-hydrogen) atoms. The van der Waals surface area contributed by atoms with Crippen LogP contribution in [0.3, 0.4) is 0 Å². The zero-order valence-electron chi connectivity index (χ0n) is 14.1. The number of rotatable bonds is 8. The smallest absolute Gasteiger partial charge is 0.227 e. The molecule has 0 saturated heterocycles. The molecule has 124 valence electrons. The van der Waals surface area contributed by atoms with Crippen molar-refractivity contribution < 1.29 is 0 Å². The summed E-state index contributed by atoms with van der Waals surface area (Å²) in [5.41, 5.74) is 2.15. The van der Waals surface area contributed by atoms with Crippen LogP contribution in [-0.2, 0) is 6.54 Å². The van der Waals surface area contributed by atoms with E-state index in [1.165, 1.54) is 5.56 Å². The highest BCUT2D eigenvalue weighted by atomic mass is 35.5. The molecule has 2 rings (SSSR count). The minimum absolute atomic E-state index is 0.717. The Kier molecular flexibility index (Phi) is 6.66. The lowest BCUT2D eigenvalue weighted by Crippen LogP contribution is -2.27. The molecule has 0 bridgehead atoms. The maximum Gasteiger partial charge on any atom is 0.227 e. The zero-order chi connectivity index (χ0) is 16.7. The first kappa shape index (κ1) is 17.5. The fourth-order valence-corrected chi connectivity index (χ4v) is 2.56. The highest BCUT2D eigenvalue weighted by molar-refractivity contribution is 6.30. The number of hydrogen-bond acceptors (Lipinski definition) is 4. The molecule has 0 fully saturated rings. The van der Waals surface area contributed by atoms with Crippen LogP contribution in [0, 0.1) is 6.92 Å². The van der Waals surface area contributed by atoms with Gasteiger partial charge in [-0.3, -0.25) is 0 Å². The van der Waals surface area contributed by atoms with E-state index in [1.54, 1.807) is 0 Å². The van der Waals surface area contributed by atoms with Crippen molar-refractivity contribution in [2.24, 2.45) is 0 Å². The van der Waals surface area contributed by atoms with Crippen molar-refractivity contribution in [3.05, 3.63) is 46.6 Å². The van der Waals surface area contributed by atoms with Crippen LogP contribution in [0.4, 0.5) is 11.8 Å². The second kappa shape index (κ2) is 8.73. The quantitative estimate of drug-likeness (QED) is 0.762. The topological polar surface area (TPSA) is 41.1 Å². The molecule has 5 heteroatoms. The van der Waals surface area contributed by atoms with Crippen LogP contribution >= 0.6 is 11.6 Å². The van der Waals surface area contributed by atoms with Gasteiger partial charge < -0.3 is 10.2 Å². The number of aryl methyl sites for hydroxylation is 1. The van der Waals surface area contributed by atoms with Crippen molar-refractivity contribution in [1.29, 1.82) is 0 Å². The van der Waals surface area contributed by atoms with Gasteiger partial charge in [-0.1, -0.05) is 37.6 Å². The first-order chi connectivity index (χ1) is 11.1. The molecule has 2 aromatic rings. The number of halogens is 1. The number of benzene rings is 1. The van der Waals surface area contributed by atoms with E-state index in [0.29, 0.717) is 6.54 Å². The van der Waals surface area contributed by atoms with Gasteiger partial charge in [0.25, 0.3) is 0 Å². The lowest BCUT2D eigenvalue weighted by Gasteiger charge is -2.22. The summed E-state index contributed by atoms with van der Waals surface area (Å²) in [7, 11) is 0. The second-order valence-electron chi connectivity index (χ2n) is 5.66. The van der Waals surface area contributed by atoms with Crippen LogP contribution in [0.5, 0.6) is 0 Å². The molecule has 0 aliphatic carbocycles. The number of nitrogens with one attached hydrogen (secondary N) is 1. The van der Waals surface area contributed by atoms with Crippen molar-refractivity contribution >= 4 is 23.4 Å². The van der Waals surface area contributed by atoms with Crippen molar-refractivity contribution in [2.75, 3.05) is 23.3 Å². The molecule has 4 nitrogen and oxygen atoms in total. The molecule has 1 heterocycles. The van der Waals surface area contributed by atoms with E-state index in [2.05, 4.69) is 34.0 Å². The first-order valence-corrected chi connectivity index (χ1v) is 8.59. The van der Waals surface area contributed by atoms with Crippen LogP contribution in [0.2, 0.25) is 5.02 Å². The Morgan fingerprint density at radius 3 is 2.30 bits per heavy atom. The van der Waals surface area contributed by atoms with Crippen LogP contribution < -0.4 is 10.2 Å². The molecular formula is C18H25ClN4. The van der Waals surface area contributed by atoms with E-state index >= 15 is 0 Å². The van der Waals surface area contributed by atoms with E-state index in [-0.39, 0.29) is 0 Å². The van der Waals surface area contributed by atoms with Crippen LogP contribution in [0.1, 0.15) is 37.9 Å². The van der Waals surface area contributed by atoms with Crippen molar-refractivity contribution in [3.63, 3.8) is 0 Å². The number of anilines is 2. The predicted molar refractivity (Wildman–Crippen MR) is 98.3 cm³/mol. The Balaban J connectivity index is 2.11. The summed E-state index contributed by atoms with van der Waals surface area (Å²) >= 11 is 5.92. The summed E-state index contributed by atoms with van der Waals surface area (Å²) in [6, 6.07) is 9.82. The van der Waals surface area contributed by atoms with Gasteiger partial charge in [-0.05, 0) is 37.5 Å². The highest BCUT2D eigenvalue weighted by Gasteiger charge is 2.10. The van der Waals surface area contributed by atoms with E-state index in [0.717, 1.165) is 48.4 Å². The lowest BCUT2D eigenvalue weighted by molar-refractivity contribution is 0.719. The van der Waals surface area contributed by atoms with Gasteiger partial charge in [0.05, 0.1) is 0 Å². The van der Waals surface area contributed by atoms with Gasteiger partial charge in [0.2, 0.25) is 5.95 Å². The largest absolute Gasteiger partial charge is 0.366 e. The molecule has 1 aromatic heterocycles. The third-order valence-corrected chi connectivity index (χ3v) is 3.75. The maximum atomic E-state index is 5.92. The molecule has 0 aliphatic heterocycles. The van der Waals surface area contributed by atoms with Gasteiger partial charge in [-0.2, -0.15) is 4.98 Å². The Morgan fingerprint density at radius 2 is 1.70 bits per heavy atom. The minimum atomic E-state index is 0.717. The molecule has 0 aliphatic rings. The monoisotopic (exact) mass is 332 g/mol. The van der Waals surface area contributed by atoms with Crippen molar-refractivity contribution in [2.45, 2.75) is 40.2 Å². The number of aromatic nitrogens is 2. The molecule has 0 spiro atoms. The Labute approximate surface area is 143 Å². The summed E-state index contributed by atoms with van der Waals surface area (Å²) in [6.07, 6.45) is 2.18. The molecule has 1 N–H and O–H groups in total. The van der Waals surface area contributed by atoms with Gasteiger partial charge in [0, 0.05) is 36.4 Å². The molecule has 0 amide bonds. The first-order valence-electron chi connectivity index (χ1n) is 8.21. The summed E-state index contributed by atoms with van der Waals surface area (Å²) in [5.74, 6) is 1.67. The fourth-order valence-electron chi connectivity index (χ4n) is 2.43. The third-order valence-electron chi connectivity index (χ3n) is 3.50. The lowest BCUT2D eigenvalue weighted by atomic mass is 10.2. The third kappa shape index (κ3) is 5.39. The maximum absolute atomic E-state index is 5.92. The Morgan fingerprint density at radius 1 is 1.04 bits per heavy atom. The predicted octanol–water partition coefficient (Wildman–Crippen LogP) is 4.68. The Bertz CT molecular complexity index is 607. The average Bonchev–Trinajstić information content (AvgIpc) is 2.54. The van der Waals surface area contributed by atoms with Crippen molar-refractivity contribution in [1.82, 2.24) is 9.97 Å². The molecule has 0 unspecified atom stereocenters. The van der Waals surface area contributed by atoms with Gasteiger partial charge in [0.15, 0.2) is 0 Å². The zero-order valence-corrected chi connectivity index (χ0v) is 14.9. The van der Waals surface area contributed by atoms with Crippen molar-refractivity contribution in [3.8, 4) is 0 Å². The van der Waals surface area contributed by atoms with E-state index < -0.39 is 0 Å². The summed E-state index contributed by atoms with van der Waals surface area (Å²) in [5, 5.41) is 4.13. The summed E-state index contributed by atoms with van der Waals surface area (Å²) in [4.78, 5) is 11.5. The fraction of sp³-hybridized carbons (Fsp3) is 0.444. The second-order valence-corrected chi connectivity index (χ2v) is 6.10. The van der Waals surface area contributed by atoms with Gasteiger partial charge in [0.1, 0.15) is 5.82 Å². The molecule has 1 aromatic carbocycles. The normalized spacial score (nSPS) is 10.6. The minimum Gasteiger partial charge on any atom is -0.366 e. The SMILES string of the molecule is CCCN(CCC)c1nc(C)cc(NCc2ccc(Cl)cc2)n1. The van der Waals surface area contributed by atoms with Crippen LogP contribution in [0.25, 0.3) is 0 Å². The van der Waals surface area contributed by atoms with Crippen LogP contribution in [-0.4, -0.2) is 23.1 Å².